The Morgan fingerprint density at radius 3 is 2.44 bits per heavy atom. The number of rotatable bonds is 5. The van der Waals surface area contributed by atoms with Crippen molar-refractivity contribution in [2.45, 2.75) is 125 Å². The van der Waals surface area contributed by atoms with Crippen molar-refractivity contribution < 1.29 is 46.3 Å². The Balaban J connectivity index is 1.26. The second kappa shape index (κ2) is 16.1. The van der Waals surface area contributed by atoms with E-state index in [2.05, 4.69) is 15.4 Å². The first-order valence-corrected chi connectivity index (χ1v) is 21.3. The number of benzene rings is 1. The predicted molar refractivity (Wildman–Crippen MR) is 200 cm³/mol. The van der Waals surface area contributed by atoms with E-state index in [1.807, 2.05) is 0 Å². The van der Waals surface area contributed by atoms with Gasteiger partial charge in [0.1, 0.15) is 43.7 Å². The summed E-state index contributed by atoms with van der Waals surface area (Å²) in [5.41, 5.74) is -1.46. The van der Waals surface area contributed by atoms with Crippen LogP contribution < -0.4 is 15.4 Å². The first kappa shape index (κ1) is 41.0. The van der Waals surface area contributed by atoms with Crippen molar-refractivity contribution >= 4 is 74.5 Å². The van der Waals surface area contributed by atoms with Crippen LogP contribution in [0.3, 0.4) is 0 Å². The summed E-state index contributed by atoms with van der Waals surface area (Å²) in [7, 11) is -4.42. The van der Waals surface area contributed by atoms with Crippen LogP contribution in [0, 0.1) is 11.7 Å². The van der Waals surface area contributed by atoms with Crippen molar-refractivity contribution in [2.75, 3.05) is 6.54 Å². The Bertz CT molecular complexity index is 1960. The molecule has 1 aliphatic carbocycles. The molecule has 0 bridgehead atoms. The molecule has 300 valence electrons. The minimum atomic E-state index is -4.42. The molecule has 3 aliphatic heterocycles. The first-order chi connectivity index (χ1) is 25.9. The number of ether oxygens (including phenoxy) is 2. The van der Waals surface area contributed by atoms with Crippen LogP contribution in [0.1, 0.15) is 89.7 Å². The summed E-state index contributed by atoms with van der Waals surface area (Å²) in [4.78, 5) is 71.5. The van der Waals surface area contributed by atoms with Gasteiger partial charge in [-0.3, -0.25) is 19.3 Å². The highest BCUT2D eigenvalue weighted by Gasteiger charge is 2.62. The zero-order valence-corrected chi connectivity index (χ0v) is 33.8. The molecular formula is C36H44Cl2FN5O9S2. The van der Waals surface area contributed by atoms with Crippen molar-refractivity contribution in [3.05, 3.63) is 50.6 Å². The zero-order chi connectivity index (χ0) is 39.9. The quantitative estimate of drug-likeness (QED) is 0.344. The number of carbonyl (C=O) groups excluding carboxylic acids is 5. The number of nitrogens with one attached hydrogen (secondary N) is 3. The van der Waals surface area contributed by atoms with Crippen molar-refractivity contribution in [3.63, 3.8) is 0 Å². The second-order valence-corrected chi connectivity index (χ2v) is 19.5. The number of fused-ring (bicyclic) bond motifs is 3. The summed E-state index contributed by atoms with van der Waals surface area (Å²) in [6.07, 6.45) is 1.79. The Morgan fingerprint density at radius 2 is 1.76 bits per heavy atom. The van der Waals surface area contributed by atoms with Gasteiger partial charge in [0.05, 0.1) is 18.1 Å². The largest absolute Gasteiger partial charge is 0.444 e. The highest BCUT2D eigenvalue weighted by Crippen LogP contribution is 2.48. The molecule has 14 nitrogen and oxygen atoms in total. The maximum absolute atomic E-state index is 14.5. The first-order valence-electron chi connectivity index (χ1n) is 18.2. The summed E-state index contributed by atoms with van der Waals surface area (Å²) in [6.45, 7) is 4.93. The highest BCUT2D eigenvalue weighted by molar-refractivity contribution is 7.92. The highest BCUT2D eigenvalue weighted by atomic mass is 35.5. The maximum atomic E-state index is 14.5. The van der Waals surface area contributed by atoms with Crippen LogP contribution in [0.5, 0.6) is 0 Å². The number of sulfonamides is 1. The number of thiophene rings is 1. The number of amides is 5. The number of halogens is 3. The van der Waals surface area contributed by atoms with Gasteiger partial charge in [-0.25, -0.2) is 27.1 Å². The number of hydrogen-bond donors (Lipinski definition) is 3. The fraction of sp³-hybridized carbons (Fsp3) is 0.583. The molecule has 4 heterocycles. The monoisotopic (exact) mass is 843 g/mol. The molecule has 3 N–H and O–H groups in total. The molecule has 2 aromatic rings. The lowest BCUT2D eigenvalue weighted by Gasteiger charge is -2.30. The van der Waals surface area contributed by atoms with Gasteiger partial charge in [-0.1, -0.05) is 67.4 Å². The topological polar surface area (TPSA) is 181 Å². The van der Waals surface area contributed by atoms with Crippen molar-refractivity contribution in [1.82, 2.24) is 25.2 Å². The number of hydrogen-bond acceptors (Lipinski definition) is 10. The molecule has 1 saturated carbocycles. The molecule has 5 atom stereocenters. The summed E-state index contributed by atoms with van der Waals surface area (Å²) in [6, 6.07) is 3.33. The third-order valence-corrected chi connectivity index (χ3v) is 14.0. The molecule has 3 fully saturated rings. The van der Waals surface area contributed by atoms with Gasteiger partial charge in [0.25, 0.3) is 15.9 Å². The molecule has 1 aromatic heterocycles. The lowest BCUT2D eigenvalue weighted by molar-refractivity contribution is -0.141. The number of alkyl carbamates (subject to hydrolysis) is 1. The number of nitrogens with zero attached hydrogens (tertiary/aromatic N) is 2. The van der Waals surface area contributed by atoms with Crippen LogP contribution in [0.4, 0.5) is 14.0 Å². The molecular weight excluding hydrogens is 800 g/mol. The Morgan fingerprint density at radius 1 is 1.05 bits per heavy atom. The fourth-order valence-corrected chi connectivity index (χ4v) is 10.4. The van der Waals surface area contributed by atoms with E-state index in [1.165, 1.54) is 15.9 Å². The lowest BCUT2D eigenvalue weighted by atomic mass is 10.0. The summed E-state index contributed by atoms with van der Waals surface area (Å²) in [5, 5.41) is 5.46. The van der Waals surface area contributed by atoms with Crippen LogP contribution in [0.15, 0.2) is 28.5 Å². The molecule has 1 aromatic carbocycles. The summed E-state index contributed by atoms with van der Waals surface area (Å²) in [5.74, 6) is -3.16. The van der Waals surface area contributed by atoms with Crippen LogP contribution >= 0.6 is 34.5 Å². The lowest BCUT2D eigenvalue weighted by Crippen LogP contribution is -2.58. The molecule has 0 unspecified atom stereocenters. The maximum Gasteiger partial charge on any atom is 0.410 e. The van der Waals surface area contributed by atoms with Gasteiger partial charge in [-0.2, -0.15) is 0 Å². The molecule has 2 saturated heterocycles. The van der Waals surface area contributed by atoms with Crippen LogP contribution in [0.25, 0.3) is 0 Å². The second-order valence-electron chi connectivity index (χ2n) is 15.5. The minimum Gasteiger partial charge on any atom is -0.444 e. The average molecular weight is 845 g/mol. The molecule has 5 amide bonds. The van der Waals surface area contributed by atoms with Crippen molar-refractivity contribution in [2.24, 2.45) is 5.92 Å². The SMILES string of the molecule is CC(C)(C)OC(=O)N[C@H]1CCCCCCC[C@H]2C[C@@]2(C(=O)NS(=O)(=O)c2cc(Cl)c(Cl)s2)NC(=O)[C@@H]2C[C@@H](OC(=O)N3Cc4cccc(F)c4C3)CN2C1=O. The third-order valence-electron chi connectivity index (χ3n) is 10.3. The van der Waals surface area contributed by atoms with Crippen LogP contribution in [0.2, 0.25) is 9.36 Å². The van der Waals surface area contributed by atoms with E-state index in [1.54, 1.807) is 32.9 Å². The van der Waals surface area contributed by atoms with Crippen molar-refractivity contribution in [3.8, 4) is 0 Å². The van der Waals surface area contributed by atoms with E-state index in [0.717, 1.165) is 25.3 Å². The van der Waals surface area contributed by atoms with E-state index in [4.69, 9.17) is 32.7 Å². The summed E-state index contributed by atoms with van der Waals surface area (Å²) >= 11 is 12.7. The molecule has 0 radical (unpaired) electrons. The van der Waals surface area contributed by atoms with Gasteiger partial charge in [0.15, 0.2) is 0 Å². The Hall–Kier alpha value is -3.67. The Labute approximate surface area is 332 Å². The van der Waals surface area contributed by atoms with E-state index in [0.29, 0.717) is 41.7 Å². The van der Waals surface area contributed by atoms with E-state index in [9.17, 15) is 36.8 Å². The predicted octanol–water partition coefficient (Wildman–Crippen LogP) is 5.63. The van der Waals surface area contributed by atoms with Gasteiger partial charge in [-0.05, 0) is 63.6 Å². The molecule has 0 spiro atoms. The fourth-order valence-electron chi connectivity index (χ4n) is 7.47. The summed E-state index contributed by atoms with van der Waals surface area (Å²) < 4.78 is 54.1. The average Bonchev–Trinajstić information content (AvgIpc) is 3.39. The third kappa shape index (κ3) is 9.32. The molecule has 4 aliphatic rings. The Kier molecular flexibility index (Phi) is 12.0. The normalized spacial score (nSPS) is 26.1. The van der Waals surface area contributed by atoms with Crippen LogP contribution in [-0.4, -0.2) is 84.0 Å². The van der Waals surface area contributed by atoms with E-state index >= 15 is 0 Å². The standard InChI is InChI=1S/C36H44Cl2FN5O9S2/c1-35(2,3)53-33(48)40-26-13-8-6-4-5-7-11-21-16-36(21,32(47)42-55(50,51)28-15-24(37)29(38)54-28)41-30(45)27-14-22(18-44(27)31(26)46)52-34(49)43-17-20-10-9-12-25(39)23(20)19-43/h9-10,12,15,21-22,26-27H,4-8,11,13-14,16-19H2,1-3H3,(H,40,48)(H,41,45)(H,42,47)/t21-,22+,26-,27-,36+/m0/s1. The smallest absolute Gasteiger partial charge is 0.410 e. The van der Waals surface area contributed by atoms with E-state index in [-0.39, 0.29) is 52.5 Å². The van der Waals surface area contributed by atoms with Gasteiger partial charge in [0, 0.05) is 18.5 Å². The van der Waals surface area contributed by atoms with Gasteiger partial charge in [0.2, 0.25) is 11.8 Å². The minimum absolute atomic E-state index is 0.00584. The van der Waals surface area contributed by atoms with Crippen LogP contribution in [-0.2, 0) is 47.0 Å². The molecule has 19 heteroatoms. The van der Waals surface area contributed by atoms with Gasteiger partial charge >= 0.3 is 12.2 Å². The molecule has 55 heavy (non-hydrogen) atoms. The van der Waals surface area contributed by atoms with Gasteiger partial charge in [-0.15, -0.1) is 11.3 Å². The molecule has 6 rings (SSSR count). The van der Waals surface area contributed by atoms with E-state index < -0.39 is 81.0 Å². The van der Waals surface area contributed by atoms with Crippen molar-refractivity contribution in [1.29, 1.82) is 0 Å². The number of carbonyl (C=O) groups is 5. The van der Waals surface area contributed by atoms with Gasteiger partial charge < -0.3 is 25.0 Å². The zero-order valence-electron chi connectivity index (χ0n) is 30.6.